The highest BCUT2D eigenvalue weighted by molar-refractivity contribution is 7.99. The van der Waals surface area contributed by atoms with Gasteiger partial charge in [-0.05, 0) is 54.3 Å². The van der Waals surface area contributed by atoms with Gasteiger partial charge in [0.05, 0.1) is 5.57 Å². The van der Waals surface area contributed by atoms with E-state index in [-0.39, 0.29) is 6.61 Å². The quantitative estimate of drug-likeness (QED) is 0.113. The smallest absolute Gasteiger partial charge is 0.338 e. The highest BCUT2D eigenvalue weighted by Crippen LogP contribution is 2.37. The molecule has 0 saturated heterocycles. The number of aromatic nitrogens is 3. The molecule has 0 spiro atoms. The molecule has 1 aliphatic heterocycles. The summed E-state index contributed by atoms with van der Waals surface area (Å²) < 4.78 is 13.5. The van der Waals surface area contributed by atoms with Gasteiger partial charge in [0.1, 0.15) is 25.0 Å². The first-order chi connectivity index (χ1) is 19.5. The van der Waals surface area contributed by atoms with Gasteiger partial charge in [-0.2, -0.15) is 4.98 Å². The highest BCUT2D eigenvalue weighted by atomic mass is 35.5. The van der Waals surface area contributed by atoms with Crippen LogP contribution in [0.5, 0.6) is 5.75 Å². The lowest BCUT2D eigenvalue weighted by molar-refractivity contribution is -0.140. The van der Waals surface area contributed by atoms with Crippen LogP contribution in [-0.2, 0) is 22.7 Å². The molecule has 2 heterocycles. The van der Waals surface area contributed by atoms with E-state index in [9.17, 15) is 4.79 Å². The maximum atomic E-state index is 13.5. The zero-order valence-corrected chi connectivity index (χ0v) is 24.0. The number of fused-ring (bicyclic) bond motifs is 1. The molecule has 0 amide bonds. The lowest BCUT2D eigenvalue weighted by Gasteiger charge is -2.28. The van der Waals surface area contributed by atoms with Gasteiger partial charge in [-0.25, -0.2) is 9.48 Å². The molecule has 1 aliphatic rings. The predicted molar refractivity (Wildman–Crippen MR) is 159 cm³/mol. The molecule has 9 heteroatoms. The van der Waals surface area contributed by atoms with Crippen molar-refractivity contribution in [3.63, 3.8) is 0 Å². The van der Waals surface area contributed by atoms with Crippen molar-refractivity contribution in [2.75, 3.05) is 11.1 Å². The number of hydrogen-bond acceptors (Lipinski definition) is 7. The lowest BCUT2D eigenvalue weighted by Crippen LogP contribution is -2.29. The summed E-state index contributed by atoms with van der Waals surface area (Å²) in [5.74, 6) is 1.84. The molecule has 0 fully saturated rings. The number of carbonyl (C=O) groups is 1. The Hall–Kier alpha value is -3.75. The van der Waals surface area contributed by atoms with Crippen molar-refractivity contribution >= 4 is 35.3 Å². The van der Waals surface area contributed by atoms with Crippen molar-refractivity contribution in [2.24, 2.45) is 0 Å². The van der Waals surface area contributed by atoms with E-state index < -0.39 is 12.0 Å². The summed E-state index contributed by atoms with van der Waals surface area (Å²) in [6.07, 6.45) is 2.18. The summed E-state index contributed by atoms with van der Waals surface area (Å²) in [6.45, 7) is 4.61. The molecule has 0 aliphatic carbocycles. The van der Waals surface area contributed by atoms with Crippen molar-refractivity contribution in [2.45, 2.75) is 51.1 Å². The molecule has 0 saturated carbocycles. The SMILES string of the molecule is CCCCSc1nc2n(n1)C(c1ccc(OCc3cccc(Cl)c3)cc1)C(C(=O)OCc1ccccc1)=C(C)N2. The minimum Gasteiger partial charge on any atom is -0.489 e. The molecule has 206 valence electrons. The summed E-state index contributed by atoms with van der Waals surface area (Å²) in [6, 6.07) is 24.4. The van der Waals surface area contributed by atoms with Crippen LogP contribution >= 0.6 is 23.4 Å². The summed E-state index contributed by atoms with van der Waals surface area (Å²) in [7, 11) is 0. The Morgan fingerprint density at radius 2 is 1.80 bits per heavy atom. The second kappa shape index (κ2) is 13.1. The molecule has 0 radical (unpaired) electrons. The third-order valence-corrected chi connectivity index (χ3v) is 7.64. The van der Waals surface area contributed by atoms with E-state index in [0.29, 0.717) is 39.8 Å². The van der Waals surface area contributed by atoms with Gasteiger partial charge in [-0.15, -0.1) is 5.10 Å². The largest absolute Gasteiger partial charge is 0.489 e. The number of nitrogens with zero attached hydrogens (tertiary/aromatic N) is 3. The summed E-state index contributed by atoms with van der Waals surface area (Å²) in [5.41, 5.74) is 3.96. The van der Waals surface area contributed by atoms with Gasteiger partial charge in [0.15, 0.2) is 0 Å². The zero-order chi connectivity index (χ0) is 27.9. The van der Waals surface area contributed by atoms with Crippen LogP contribution in [0.15, 0.2) is 95.3 Å². The van der Waals surface area contributed by atoms with Crippen LogP contribution in [0.3, 0.4) is 0 Å². The lowest BCUT2D eigenvalue weighted by atomic mass is 9.95. The van der Waals surface area contributed by atoms with Crippen molar-refractivity contribution in [1.29, 1.82) is 0 Å². The highest BCUT2D eigenvalue weighted by Gasteiger charge is 2.35. The van der Waals surface area contributed by atoms with Crippen LogP contribution in [0, 0.1) is 0 Å². The number of ether oxygens (including phenoxy) is 2. The predicted octanol–water partition coefficient (Wildman–Crippen LogP) is 7.44. The Balaban J connectivity index is 1.40. The number of rotatable bonds is 11. The average molecular weight is 575 g/mol. The van der Waals surface area contributed by atoms with Crippen LogP contribution in [0.2, 0.25) is 5.02 Å². The molecule has 40 heavy (non-hydrogen) atoms. The van der Waals surface area contributed by atoms with Crippen molar-refractivity contribution in [3.05, 3.63) is 112 Å². The molecule has 3 aromatic carbocycles. The molecule has 1 N–H and O–H groups in total. The number of halogens is 1. The van der Waals surface area contributed by atoms with E-state index in [1.54, 1.807) is 16.4 Å². The Bertz CT molecular complexity index is 1490. The van der Waals surface area contributed by atoms with E-state index in [1.165, 1.54) is 0 Å². The number of esters is 1. The minimum atomic E-state index is -0.505. The first-order valence-electron chi connectivity index (χ1n) is 13.3. The summed E-state index contributed by atoms with van der Waals surface area (Å²) in [5, 5.41) is 9.41. The number of carbonyl (C=O) groups excluding carboxylic acids is 1. The molecular formula is C31H31ClN4O3S. The van der Waals surface area contributed by atoms with Gasteiger partial charge in [-0.3, -0.25) is 0 Å². The fourth-order valence-electron chi connectivity index (χ4n) is 4.41. The van der Waals surface area contributed by atoms with Gasteiger partial charge >= 0.3 is 5.97 Å². The summed E-state index contributed by atoms with van der Waals surface area (Å²) >= 11 is 7.72. The first kappa shape index (κ1) is 27.8. The van der Waals surface area contributed by atoms with E-state index in [2.05, 4.69) is 12.2 Å². The maximum absolute atomic E-state index is 13.5. The number of nitrogens with one attached hydrogen (secondary N) is 1. The molecule has 7 nitrogen and oxygen atoms in total. The number of anilines is 1. The normalized spacial score (nSPS) is 14.4. The second-order valence-corrected chi connectivity index (χ2v) is 11.0. The summed E-state index contributed by atoms with van der Waals surface area (Å²) in [4.78, 5) is 18.2. The standard InChI is InChI=1S/C31H31ClN4O3S/c1-3-4-17-40-31-34-30-33-21(2)27(29(37)39-19-22-9-6-5-7-10-22)28(36(30)35-31)24-13-15-26(16-14-24)38-20-23-11-8-12-25(32)18-23/h5-16,18,28H,3-4,17,19-20H2,1-2H3,(H,33,34,35). The minimum absolute atomic E-state index is 0.182. The maximum Gasteiger partial charge on any atom is 0.338 e. The van der Waals surface area contributed by atoms with E-state index in [4.69, 9.17) is 31.2 Å². The molecule has 0 bridgehead atoms. The van der Waals surface area contributed by atoms with Crippen LogP contribution in [0.4, 0.5) is 5.95 Å². The van der Waals surface area contributed by atoms with Gasteiger partial charge in [-0.1, -0.05) is 91.3 Å². The third-order valence-electron chi connectivity index (χ3n) is 6.49. The van der Waals surface area contributed by atoms with Crippen LogP contribution in [0.25, 0.3) is 0 Å². The Morgan fingerprint density at radius 3 is 2.55 bits per heavy atom. The Kier molecular flexibility index (Phi) is 9.08. The fraction of sp³-hybridized carbons (Fsp3) is 0.258. The van der Waals surface area contributed by atoms with Crippen molar-refractivity contribution < 1.29 is 14.3 Å². The van der Waals surface area contributed by atoms with Crippen LogP contribution in [0.1, 0.15) is 49.4 Å². The monoisotopic (exact) mass is 574 g/mol. The molecule has 5 rings (SSSR count). The van der Waals surface area contributed by atoms with Gasteiger partial charge in [0.2, 0.25) is 11.1 Å². The Labute approximate surface area is 243 Å². The van der Waals surface area contributed by atoms with Crippen LogP contribution < -0.4 is 10.1 Å². The van der Waals surface area contributed by atoms with Crippen LogP contribution in [-0.4, -0.2) is 26.5 Å². The van der Waals surface area contributed by atoms with E-state index >= 15 is 0 Å². The third kappa shape index (κ3) is 6.69. The molecular weight excluding hydrogens is 544 g/mol. The average Bonchev–Trinajstić information content (AvgIpc) is 3.37. The van der Waals surface area contributed by atoms with Gasteiger partial charge in [0, 0.05) is 16.5 Å². The number of thioether (sulfide) groups is 1. The zero-order valence-electron chi connectivity index (χ0n) is 22.5. The Morgan fingerprint density at radius 1 is 1.02 bits per heavy atom. The van der Waals surface area contributed by atoms with Gasteiger partial charge in [0.25, 0.3) is 0 Å². The van der Waals surface area contributed by atoms with Crippen molar-refractivity contribution in [1.82, 2.24) is 14.8 Å². The molecule has 1 unspecified atom stereocenters. The molecule has 1 atom stereocenters. The number of allylic oxidation sites excluding steroid dienone is 1. The first-order valence-corrected chi connectivity index (χ1v) is 14.6. The number of unbranched alkanes of at least 4 members (excludes halogenated alkanes) is 1. The number of hydrogen-bond donors (Lipinski definition) is 1. The molecule has 1 aromatic heterocycles. The van der Waals surface area contributed by atoms with Gasteiger partial charge < -0.3 is 14.8 Å². The fourth-order valence-corrected chi connectivity index (χ4v) is 5.54. The van der Waals surface area contributed by atoms with E-state index in [0.717, 1.165) is 35.3 Å². The molecule has 4 aromatic rings. The number of benzene rings is 3. The van der Waals surface area contributed by atoms with Crippen molar-refractivity contribution in [3.8, 4) is 5.75 Å². The topological polar surface area (TPSA) is 78.3 Å². The second-order valence-electron chi connectivity index (χ2n) is 9.48. The van der Waals surface area contributed by atoms with E-state index in [1.807, 2.05) is 85.8 Å².